The van der Waals surface area contributed by atoms with E-state index in [4.69, 9.17) is 15.1 Å². The van der Waals surface area contributed by atoms with Gasteiger partial charge in [0.2, 0.25) is 0 Å². The molecule has 0 saturated carbocycles. The van der Waals surface area contributed by atoms with Crippen molar-refractivity contribution in [2.45, 2.75) is 6.92 Å². The van der Waals surface area contributed by atoms with Gasteiger partial charge in [0.1, 0.15) is 14.6 Å². The van der Waals surface area contributed by atoms with Crippen LogP contribution in [0.1, 0.15) is 6.92 Å². The highest BCUT2D eigenvalue weighted by molar-refractivity contribution is 7.48. The first kappa shape index (κ1) is 7.31. The van der Waals surface area contributed by atoms with Gasteiger partial charge in [0.15, 0.2) is 0 Å². The van der Waals surface area contributed by atoms with Gasteiger partial charge in [-0.1, -0.05) is 0 Å². The molecule has 0 bridgehead atoms. The zero-order chi connectivity index (χ0) is 5.70. The number of rotatable bonds is 3. The van der Waals surface area contributed by atoms with Crippen LogP contribution in [0, 0.1) is 0 Å². The molecule has 7 heavy (non-hydrogen) atoms. The van der Waals surface area contributed by atoms with Crippen molar-refractivity contribution in [3.8, 4) is 0 Å². The average Bonchev–Trinajstić information content (AvgIpc) is 1.61. The largest absolute Gasteiger partial charge is 0.374 e. The van der Waals surface area contributed by atoms with Gasteiger partial charge in [-0.2, -0.15) is 0 Å². The molecule has 0 aromatic carbocycles. The van der Waals surface area contributed by atoms with Gasteiger partial charge in [0, 0.05) is 6.61 Å². The Morgan fingerprint density at radius 1 is 1.86 bits per heavy atom. The Kier molecular flexibility index (Phi) is 4.67. The summed E-state index contributed by atoms with van der Waals surface area (Å²) in [6.07, 6.45) is 0.297. The lowest BCUT2D eigenvalue weighted by Crippen LogP contribution is -1.96. The van der Waals surface area contributed by atoms with Crippen LogP contribution in [0.4, 0.5) is 0 Å². The minimum atomic E-state index is -1.33. The van der Waals surface area contributed by atoms with E-state index in [0.717, 1.165) is 0 Å². The third-order valence-corrected chi connectivity index (χ3v) is 0.875. The van der Waals surface area contributed by atoms with Gasteiger partial charge in [0.05, 0.1) is 0 Å². The lowest BCUT2D eigenvalue weighted by molar-refractivity contribution is 0.190. The maximum absolute atomic E-state index is 8.40. The van der Waals surface area contributed by atoms with Gasteiger partial charge in [-0.25, -0.2) is 0 Å². The molecule has 4 heteroatoms. The molecule has 0 heterocycles. The third kappa shape index (κ3) is 6.31. The Morgan fingerprint density at radius 3 is 2.57 bits per heavy atom. The first-order chi connectivity index (χ1) is 3.27. The van der Waals surface area contributed by atoms with E-state index in [1.807, 2.05) is 6.92 Å². The van der Waals surface area contributed by atoms with Gasteiger partial charge in [-0.15, -0.1) is 0 Å². The molecule has 0 radical (unpaired) electrons. The summed E-state index contributed by atoms with van der Waals surface area (Å²) in [4.78, 5) is 8.40. The predicted molar refractivity (Wildman–Crippen MR) is 29.8 cm³/mol. The maximum atomic E-state index is 8.40. The molecular weight excluding hydrogens is 113 g/mol. The summed E-state index contributed by atoms with van der Waals surface area (Å²) in [6, 6.07) is 0. The van der Waals surface area contributed by atoms with Crippen molar-refractivity contribution in [2.24, 2.45) is 5.50 Å². The molecule has 0 spiro atoms. The van der Waals surface area contributed by atoms with Crippen LogP contribution in [0.15, 0.2) is 0 Å². The van der Waals surface area contributed by atoms with Crippen LogP contribution in [0.3, 0.4) is 0 Å². The second-order valence-corrected chi connectivity index (χ2v) is 2.20. The lowest BCUT2D eigenvalue weighted by Gasteiger charge is -2.00. The van der Waals surface area contributed by atoms with Gasteiger partial charge in [-0.3, -0.25) is 5.50 Å². The standard InChI is InChI=1S/C3H10NO2P/c1-2-6-3-7(4)5/h5H,2-4H2,1H3. The number of hydrogen-bond acceptors (Lipinski definition) is 3. The van der Waals surface area contributed by atoms with E-state index in [0.29, 0.717) is 13.0 Å². The Balaban J connectivity index is 2.68. The highest BCUT2D eigenvalue weighted by Gasteiger charge is 1.90. The van der Waals surface area contributed by atoms with Crippen LogP contribution in [-0.4, -0.2) is 17.8 Å². The van der Waals surface area contributed by atoms with E-state index < -0.39 is 8.30 Å². The average molecular weight is 123 g/mol. The maximum Gasteiger partial charge on any atom is 0.122 e. The summed E-state index contributed by atoms with van der Waals surface area (Å²) in [5.74, 6) is 0. The van der Waals surface area contributed by atoms with Crippen molar-refractivity contribution in [1.29, 1.82) is 0 Å². The smallest absolute Gasteiger partial charge is 0.122 e. The van der Waals surface area contributed by atoms with E-state index in [1.54, 1.807) is 0 Å². The minimum absolute atomic E-state index is 0.297. The van der Waals surface area contributed by atoms with Crippen molar-refractivity contribution in [2.75, 3.05) is 13.0 Å². The summed E-state index contributed by atoms with van der Waals surface area (Å²) < 4.78 is 4.75. The number of nitrogens with two attached hydrogens (primary N) is 1. The van der Waals surface area contributed by atoms with E-state index in [-0.39, 0.29) is 0 Å². The predicted octanol–water partition coefficient (Wildman–Crippen LogP) is 0.243. The molecule has 3 N–H and O–H groups in total. The fourth-order valence-corrected chi connectivity index (χ4v) is 0.554. The Labute approximate surface area is 44.4 Å². The summed E-state index contributed by atoms with van der Waals surface area (Å²) in [7, 11) is -1.33. The third-order valence-electron chi connectivity index (χ3n) is 0.428. The molecule has 44 valence electrons. The van der Waals surface area contributed by atoms with Crippen molar-refractivity contribution in [3.63, 3.8) is 0 Å². The molecule has 0 aliphatic heterocycles. The van der Waals surface area contributed by atoms with Crippen LogP contribution in [0.25, 0.3) is 0 Å². The molecular formula is C3H10NO2P. The van der Waals surface area contributed by atoms with Gasteiger partial charge in [0.25, 0.3) is 0 Å². The SMILES string of the molecule is CCOCP(N)O. The van der Waals surface area contributed by atoms with E-state index in [9.17, 15) is 0 Å². The molecule has 0 aromatic heterocycles. The fourth-order valence-electron chi connectivity index (χ4n) is 0.185. The summed E-state index contributed by atoms with van der Waals surface area (Å²) >= 11 is 0. The van der Waals surface area contributed by atoms with Crippen molar-refractivity contribution in [1.82, 2.24) is 0 Å². The summed E-state index contributed by atoms with van der Waals surface area (Å²) in [5, 5.41) is 0. The normalized spacial score (nSPS) is 14.1. The van der Waals surface area contributed by atoms with E-state index in [2.05, 4.69) is 0 Å². The van der Waals surface area contributed by atoms with Crippen LogP contribution in [0.2, 0.25) is 0 Å². The number of hydrogen-bond donors (Lipinski definition) is 2. The van der Waals surface area contributed by atoms with E-state index in [1.165, 1.54) is 0 Å². The Bertz CT molecular complexity index is 41.9. The first-order valence-electron chi connectivity index (χ1n) is 2.06. The minimum Gasteiger partial charge on any atom is -0.374 e. The van der Waals surface area contributed by atoms with E-state index >= 15 is 0 Å². The van der Waals surface area contributed by atoms with Crippen molar-refractivity contribution in [3.05, 3.63) is 0 Å². The second-order valence-electron chi connectivity index (χ2n) is 1.06. The van der Waals surface area contributed by atoms with Crippen LogP contribution in [-0.2, 0) is 4.74 Å². The molecule has 0 aliphatic rings. The molecule has 0 aliphatic carbocycles. The number of ether oxygens (including phenoxy) is 1. The molecule has 0 rings (SSSR count). The zero-order valence-electron chi connectivity index (χ0n) is 4.29. The summed E-state index contributed by atoms with van der Waals surface area (Å²) in [5.41, 5.74) is 4.97. The summed E-state index contributed by atoms with van der Waals surface area (Å²) in [6.45, 7) is 2.48. The molecule has 1 unspecified atom stereocenters. The topological polar surface area (TPSA) is 55.5 Å². The first-order valence-corrected chi connectivity index (χ1v) is 3.61. The second kappa shape index (κ2) is 4.47. The zero-order valence-corrected chi connectivity index (χ0v) is 5.19. The fraction of sp³-hybridized carbons (Fsp3) is 1.00. The molecule has 0 saturated heterocycles. The molecule has 1 atom stereocenters. The van der Waals surface area contributed by atoms with Crippen molar-refractivity contribution < 1.29 is 9.63 Å². The highest BCUT2D eigenvalue weighted by Crippen LogP contribution is 2.16. The quantitative estimate of drug-likeness (QED) is 0.528. The monoisotopic (exact) mass is 123 g/mol. The molecule has 0 amide bonds. The van der Waals surface area contributed by atoms with Crippen LogP contribution < -0.4 is 5.50 Å². The molecule has 3 nitrogen and oxygen atoms in total. The Morgan fingerprint density at radius 2 is 2.43 bits per heavy atom. The highest BCUT2D eigenvalue weighted by atomic mass is 31.2. The van der Waals surface area contributed by atoms with Crippen LogP contribution >= 0.6 is 8.30 Å². The van der Waals surface area contributed by atoms with Crippen molar-refractivity contribution >= 4 is 8.30 Å². The van der Waals surface area contributed by atoms with Gasteiger partial charge < -0.3 is 9.63 Å². The molecule has 0 fully saturated rings. The van der Waals surface area contributed by atoms with Crippen LogP contribution in [0.5, 0.6) is 0 Å². The molecule has 0 aromatic rings. The van der Waals surface area contributed by atoms with Gasteiger partial charge in [-0.05, 0) is 6.92 Å². The lowest BCUT2D eigenvalue weighted by atomic mass is 10.9. The van der Waals surface area contributed by atoms with Gasteiger partial charge >= 0.3 is 0 Å². The Hall–Kier alpha value is 0.310.